The second-order valence-electron chi connectivity index (χ2n) is 2.62. The topological polar surface area (TPSA) is 84.2 Å². The third kappa shape index (κ3) is 2.56. The predicted octanol–water partition coefficient (Wildman–Crippen LogP) is -0.464. The van der Waals surface area contributed by atoms with E-state index in [1.165, 1.54) is 0 Å². The lowest BCUT2D eigenvalue weighted by atomic mass is 10.1. The molecule has 14 heavy (non-hydrogen) atoms. The summed E-state index contributed by atoms with van der Waals surface area (Å²) in [7, 11) is 0. The third-order valence-electron chi connectivity index (χ3n) is 1.70. The van der Waals surface area contributed by atoms with Crippen molar-refractivity contribution >= 4 is 12.3 Å². The van der Waals surface area contributed by atoms with Crippen LogP contribution in [0.2, 0.25) is 0 Å². The normalized spacial score (nSPS) is 9.21. The Balaban J connectivity index is 2.66. The first-order valence-electron chi connectivity index (χ1n) is 4.06. The first kappa shape index (κ1) is 10.2. The van der Waals surface area contributed by atoms with Gasteiger partial charge in [-0.25, -0.2) is 0 Å². The maximum atomic E-state index is 11.2. The highest BCUT2D eigenvalue weighted by atomic mass is 16.2. The average molecular weight is 193 g/mol. The maximum Gasteiger partial charge on any atom is 0.269 e. The monoisotopic (exact) mass is 193 g/mol. The van der Waals surface area contributed by atoms with Crippen molar-refractivity contribution in [1.82, 2.24) is 10.9 Å². The van der Waals surface area contributed by atoms with Crippen LogP contribution in [0, 0.1) is 0 Å². The van der Waals surface area contributed by atoms with E-state index in [9.17, 15) is 9.59 Å². The van der Waals surface area contributed by atoms with Crippen LogP contribution >= 0.6 is 0 Å². The molecule has 5 nitrogen and oxygen atoms in total. The van der Waals surface area contributed by atoms with Crippen LogP contribution in [-0.2, 0) is 11.3 Å². The molecule has 74 valence electrons. The smallest absolute Gasteiger partial charge is 0.269 e. The molecule has 0 aromatic heterocycles. The molecule has 0 atom stereocenters. The van der Waals surface area contributed by atoms with Gasteiger partial charge in [0.25, 0.3) is 5.91 Å². The molecule has 0 saturated carbocycles. The van der Waals surface area contributed by atoms with Crippen molar-refractivity contribution in [2.24, 2.45) is 5.73 Å². The van der Waals surface area contributed by atoms with Crippen molar-refractivity contribution in [3.63, 3.8) is 0 Å². The number of rotatable bonds is 4. The van der Waals surface area contributed by atoms with Crippen LogP contribution in [0.1, 0.15) is 15.9 Å². The molecule has 0 bridgehead atoms. The van der Waals surface area contributed by atoms with E-state index in [1.54, 1.807) is 24.3 Å². The van der Waals surface area contributed by atoms with Gasteiger partial charge in [0.05, 0.1) is 0 Å². The molecule has 4 N–H and O–H groups in total. The second kappa shape index (κ2) is 4.98. The highest BCUT2D eigenvalue weighted by molar-refractivity contribution is 5.94. The van der Waals surface area contributed by atoms with Gasteiger partial charge in [0, 0.05) is 12.1 Å². The molecule has 0 aliphatic heterocycles. The molecule has 1 aromatic rings. The van der Waals surface area contributed by atoms with E-state index >= 15 is 0 Å². The summed E-state index contributed by atoms with van der Waals surface area (Å²) in [6.07, 6.45) is 0.395. The standard InChI is InChI=1S/C9H11N3O2/c10-5-7-1-3-8(4-2-7)9(14)12-11-6-13/h1-4,6H,5,10H2,(H,11,13)(H,12,14). The van der Waals surface area contributed by atoms with Crippen LogP contribution in [0.15, 0.2) is 24.3 Å². The summed E-state index contributed by atoms with van der Waals surface area (Å²) in [6.45, 7) is 0.439. The molecule has 0 heterocycles. The summed E-state index contributed by atoms with van der Waals surface area (Å²) in [5.74, 6) is -0.360. The van der Waals surface area contributed by atoms with Gasteiger partial charge in [-0.2, -0.15) is 0 Å². The van der Waals surface area contributed by atoms with Crippen LogP contribution in [0.4, 0.5) is 0 Å². The Morgan fingerprint density at radius 1 is 1.36 bits per heavy atom. The second-order valence-corrected chi connectivity index (χ2v) is 2.62. The van der Waals surface area contributed by atoms with Crippen molar-refractivity contribution < 1.29 is 9.59 Å². The minimum atomic E-state index is -0.360. The number of carbonyl (C=O) groups excluding carboxylic acids is 2. The van der Waals surface area contributed by atoms with Crippen LogP contribution in [0.25, 0.3) is 0 Å². The summed E-state index contributed by atoms with van der Waals surface area (Å²) >= 11 is 0. The number of hydrogen-bond acceptors (Lipinski definition) is 3. The van der Waals surface area contributed by atoms with E-state index < -0.39 is 0 Å². The van der Waals surface area contributed by atoms with Crippen molar-refractivity contribution in [2.45, 2.75) is 6.54 Å². The summed E-state index contributed by atoms with van der Waals surface area (Å²) < 4.78 is 0. The molecular formula is C9H11N3O2. The third-order valence-corrected chi connectivity index (χ3v) is 1.70. The van der Waals surface area contributed by atoms with Gasteiger partial charge in [-0.3, -0.25) is 20.4 Å². The zero-order valence-corrected chi connectivity index (χ0v) is 7.49. The summed E-state index contributed by atoms with van der Waals surface area (Å²) in [5.41, 5.74) is 11.1. The number of nitrogens with one attached hydrogen (secondary N) is 2. The number of hydrogen-bond donors (Lipinski definition) is 3. The minimum absolute atomic E-state index is 0.360. The molecule has 1 aromatic carbocycles. The number of hydrazine groups is 1. The zero-order chi connectivity index (χ0) is 10.4. The van der Waals surface area contributed by atoms with Gasteiger partial charge in [0.1, 0.15) is 0 Å². The number of nitrogens with two attached hydrogens (primary N) is 1. The van der Waals surface area contributed by atoms with E-state index in [4.69, 9.17) is 5.73 Å². The lowest BCUT2D eigenvalue weighted by Gasteiger charge is -2.03. The summed E-state index contributed by atoms with van der Waals surface area (Å²) in [6, 6.07) is 6.81. The molecule has 5 heteroatoms. The van der Waals surface area contributed by atoms with Crippen molar-refractivity contribution in [2.75, 3.05) is 0 Å². The summed E-state index contributed by atoms with van der Waals surface area (Å²) in [5, 5.41) is 0. The quantitative estimate of drug-likeness (QED) is 0.446. The van der Waals surface area contributed by atoms with Gasteiger partial charge in [0.15, 0.2) is 0 Å². The van der Waals surface area contributed by atoms with Crippen molar-refractivity contribution in [3.05, 3.63) is 35.4 Å². The van der Waals surface area contributed by atoms with Gasteiger partial charge >= 0.3 is 0 Å². The van der Waals surface area contributed by atoms with Gasteiger partial charge in [0.2, 0.25) is 6.41 Å². The molecule has 0 aliphatic rings. The lowest BCUT2D eigenvalue weighted by Crippen LogP contribution is -2.36. The lowest BCUT2D eigenvalue weighted by molar-refractivity contribution is -0.110. The number of benzene rings is 1. The largest absolute Gasteiger partial charge is 0.326 e. The Hall–Kier alpha value is -1.88. The van der Waals surface area contributed by atoms with E-state index in [-0.39, 0.29) is 5.91 Å². The first-order valence-corrected chi connectivity index (χ1v) is 4.06. The van der Waals surface area contributed by atoms with Gasteiger partial charge in [-0.15, -0.1) is 0 Å². The van der Waals surface area contributed by atoms with Crippen LogP contribution in [-0.4, -0.2) is 12.3 Å². The molecule has 0 radical (unpaired) electrons. The fourth-order valence-corrected chi connectivity index (χ4v) is 0.959. The molecule has 1 rings (SSSR count). The van der Waals surface area contributed by atoms with Gasteiger partial charge < -0.3 is 5.73 Å². The van der Waals surface area contributed by atoms with Crippen molar-refractivity contribution in [1.29, 1.82) is 0 Å². The molecule has 0 unspecified atom stereocenters. The molecule has 0 aliphatic carbocycles. The molecule has 2 amide bonds. The minimum Gasteiger partial charge on any atom is -0.326 e. The first-order chi connectivity index (χ1) is 6.77. The fraction of sp³-hybridized carbons (Fsp3) is 0.111. The van der Waals surface area contributed by atoms with E-state index in [1.807, 2.05) is 0 Å². The van der Waals surface area contributed by atoms with Crippen LogP contribution in [0.3, 0.4) is 0 Å². The number of carbonyl (C=O) groups is 2. The highest BCUT2D eigenvalue weighted by Crippen LogP contribution is 2.02. The maximum absolute atomic E-state index is 11.2. The van der Waals surface area contributed by atoms with E-state index in [0.29, 0.717) is 18.5 Å². The molecule has 0 fully saturated rings. The highest BCUT2D eigenvalue weighted by Gasteiger charge is 2.02. The SMILES string of the molecule is NCc1ccc(C(=O)NNC=O)cc1. The van der Waals surface area contributed by atoms with E-state index in [0.717, 1.165) is 5.56 Å². The molecule has 0 saturated heterocycles. The molecule has 0 spiro atoms. The fourth-order valence-electron chi connectivity index (χ4n) is 0.959. The average Bonchev–Trinajstić information content (AvgIpc) is 2.26. The number of amides is 2. The Kier molecular flexibility index (Phi) is 3.63. The predicted molar refractivity (Wildman–Crippen MR) is 51.0 cm³/mol. The van der Waals surface area contributed by atoms with Crippen LogP contribution < -0.4 is 16.6 Å². The Bertz CT molecular complexity index is 321. The molecular weight excluding hydrogens is 182 g/mol. The van der Waals surface area contributed by atoms with Gasteiger partial charge in [-0.1, -0.05) is 12.1 Å². The van der Waals surface area contributed by atoms with Crippen LogP contribution in [0.5, 0.6) is 0 Å². The Labute approximate surface area is 81.3 Å². The Morgan fingerprint density at radius 2 is 2.00 bits per heavy atom. The van der Waals surface area contributed by atoms with Crippen molar-refractivity contribution in [3.8, 4) is 0 Å². The van der Waals surface area contributed by atoms with E-state index in [2.05, 4.69) is 10.9 Å². The van der Waals surface area contributed by atoms with Gasteiger partial charge in [-0.05, 0) is 17.7 Å². The Morgan fingerprint density at radius 3 is 2.50 bits per heavy atom. The zero-order valence-electron chi connectivity index (χ0n) is 7.49. The summed E-state index contributed by atoms with van der Waals surface area (Å²) in [4.78, 5) is 21.1.